The fraction of sp³-hybridized carbons (Fsp3) is 0.136. The average molecular weight is 489 g/mol. The van der Waals surface area contributed by atoms with Crippen LogP contribution in [0.3, 0.4) is 0 Å². The van der Waals surface area contributed by atoms with E-state index in [9.17, 15) is 4.79 Å². The zero-order valence-corrected chi connectivity index (χ0v) is 18.7. The molecule has 0 spiro atoms. The van der Waals surface area contributed by atoms with Crippen LogP contribution in [0.4, 0.5) is 0 Å². The van der Waals surface area contributed by atoms with Gasteiger partial charge in [0.2, 0.25) is 0 Å². The van der Waals surface area contributed by atoms with Crippen LogP contribution in [0.25, 0.3) is 33.4 Å². The van der Waals surface area contributed by atoms with Crippen LogP contribution < -0.4 is 5.56 Å². The topological polar surface area (TPSA) is 58.6 Å². The lowest BCUT2D eigenvalue weighted by atomic mass is 9.98. The summed E-state index contributed by atoms with van der Waals surface area (Å²) < 4.78 is 0.872. The van der Waals surface area contributed by atoms with Gasteiger partial charge in [-0.15, -0.1) is 0 Å². The van der Waals surface area contributed by atoms with Gasteiger partial charge in [0.15, 0.2) is 5.65 Å². The van der Waals surface area contributed by atoms with E-state index in [1.165, 1.54) is 0 Å². The molecule has 0 atom stereocenters. The molecule has 4 aromatic rings. The number of nitrogens with one attached hydrogen (secondary N) is 1. The molecular weight excluding hydrogens is 473 g/mol. The third-order valence-electron chi connectivity index (χ3n) is 4.60. The minimum absolute atomic E-state index is 0.0737. The Morgan fingerprint density at radius 2 is 1.69 bits per heavy atom. The van der Waals surface area contributed by atoms with Crippen LogP contribution in [-0.4, -0.2) is 15.0 Å². The van der Waals surface area contributed by atoms with Crippen LogP contribution in [0.5, 0.6) is 0 Å². The Kier molecular flexibility index (Phi) is 5.47. The number of aromatic nitrogens is 3. The lowest BCUT2D eigenvalue weighted by molar-refractivity contribution is 0.774. The monoisotopic (exact) mass is 487 g/mol. The minimum Gasteiger partial charge on any atom is -0.310 e. The molecule has 4 nitrogen and oxygen atoms in total. The molecule has 0 unspecified atom stereocenters. The molecule has 146 valence electrons. The van der Waals surface area contributed by atoms with Crippen LogP contribution in [0.2, 0.25) is 10.0 Å². The molecule has 2 heterocycles. The van der Waals surface area contributed by atoms with Crippen molar-refractivity contribution in [2.75, 3.05) is 0 Å². The molecule has 0 bridgehead atoms. The highest BCUT2D eigenvalue weighted by Gasteiger charge is 2.17. The fourth-order valence-corrected chi connectivity index (χ4v) is 3.98. The van der Waals surface area contributed by atoms with E-state index < -0.39 is 0 Å². The third kappa shape index (κ3) is 3.95. The Bertz CT molecular complexity index is 1280. The van der Waals surface area contributed by atoms with Gasteiger partial charge in [-0.3, -0.25) is 4.79 Å². The molecule has 2 aromatic carbocycles. The van der Waals surface area contributed by atoms with Gasteiger partial charge >= 0.3 is 0 Å². The maximum absolute atomic E-state index is 12.7. The van der Waals surface area contributed by atoms with Crippen molar-refractivity contribution < 1.29 is 0 Å². The highest BCUT2D eigenvalue weighted by molar-refractivity contribution is 9.10. The largest absolute Gasteiger partial charge is 0.310 e. The summed E-state index contributed by atoms with van der Waals surface area (Å²) in [5.74, 6) is 0.673. The summed E-state index contributed by atoms with van der Waals surface area (Å²) in [4.78, 5) is 24.9. The molecule has 0 aliphatic heterocycles. The van der Waals surface area contributed by atoms with Gasteiger partial charge in [-0.2, -0.15) is 0 Å². The summed E-state index contributed by atoms with van der Waals surface area (Å²) in [6, 6.07) is 14.8. The van der Waals surface area contributed by atoms with E-state index in [4.69, 9.17) is 28.2 Å². The highest BCUT2D eigenvalue weighted by atomic mass is 79.9. The number of halogens is 3. The second kappa shape index (κ2) is 7.90. The van der Waals surface area contributed by atoms with Crippen molar-refractivity contribution in [2.24, 2.45) is 0 Å². The van der Waals surface area contributed by atoms with Crippen molar-refractivity contribution in [2.45, 2.75) is 19.8 Å². The van der Waals surface area contributed by atoms with E-state index in [1.807, 2.05) is 50.2 Å². The summed E-state index contributed by atoms with van der Waals surface area (Å²) in [6.45, 7) is 3.94. The predicted octanol–water partition coefficient (Wildman–Crippen LogP) is 6.84. The quantitative estimate of drug-likeness (QED) is 0.343. The van der Waals surface area contributed by atoms with Crippen LogP contribution >= 0.6 is 39.1 Å². The van der Waals surface area contributed by atoms with Crippen LogP contribution in [0, 0.1) is 0 Å². The standard InChI is InChI=1S/C22H16BrCl2N3O/c1-11(2)20-27-21-17(22(29)28-20)10-16(12-3-6-14(24)7-4-12)19(26-21)15-8-5-13(23)9-18(15)25/h3-11H,1-2H3,(H,26,27,28,29). The third-order valence-corrected chi connectivity index (χ3v) is 5.66. The van der Waals surface area contributed by atoms with Crippen molar-refractivity contribution in [3.8, 4) is 22.4 Å². The normalized spacial score (nSPS) is 11.4. The Balaban J connectivity index is 2.08. The minimum atomic E-state index is -0.213. The Morgan fingerprint density at radius 1 is 0.966 bits per heavy atom. The first-order chi connectivity index (χ1) is 13.8. The maximum Gasteiger partial charge on any atom is 0.260 e. The van der Waals surface area contributed by atoms with Gasteiger partial charge in [0.1, 0.15) is 5.82 Å². The lowest BCUT2D eigenvalue weighted by Gasteiger charge is -2.13. The van der Waals surface area contributed by atoms with Gasteiger partial charge in [0.25, 0.3) is 5.56 Å². The van der Waals surface area contributed by atoms with E-state index in [1.54, 1.807) is 12.1 Å². The molecule has 0 fully saturated rings. The van der Waals surface area contributed by atoms with Crippen LogP contribution in [-0.2, 0) is 0 Å². The summed E-state index contributed by atoms with van der Waals surface area (Å²) in [5, 5.41) is 1.61. The number of aromatic amines is 1. The molecule has 0 saturated heterocycles. The van der Waals surface area contributed by atoms with Gasteiger partial charge < -0.3 is 4.98 Å². The molecule has 0 aliphatic rings. The molecule has 0 saturated carbocycles. The van der Waals surface area contributed by atoms with Crippen molar-refractivity contribution in [1.82, 2.24) is 15.0 Å². The number of H-pyrrole nitrogens is 1. The molecule has 7 heteroatoms. The van der Waals surface area contributed by atoms with Gasteiger partial charge in [-0.05, 0) is 35.9 Å². The van der Waals surface area contributed by atoms with Crippen molar-refractivity contribution in [3.05, 3.63) is 79.2 Å². The molecule has 0 aliphatic carbocycles. The second-order valence-corrected chi connectivity index (χ2v) is 8.75. The van der Waals surface area contributed by atoms with E-state index in [2.05, 4.69) is 25.9 Å². The van der Waals surface area contributed by atoms with E-state index >= 15 is 0 Å². The van der Waals surface area contributed by atoms with E-state index in [0.29, 0.717) is 32.6 Å². The van der Waals surface area contributed by atoms with Gasteiger partial charge in [0, 0.05) is 26.5 Å². The molecule has 1 N–H and O–H groups in total. The Hall–Kier alpha value is -2.21. The molecule has 0 radical (unpaired) electrons. The fourth-order valence-electron chi connectivity index (χ4n) is 3.09. The zero-order valence-electron chi connectivity index (χ0n) is 15.6. The number of rotatable bonds is 3. The van der Waals surface area contributed by atoms with Gasteiger partial charge in [0.05, 0.1) is 16.1 Å². The number of hydrogen-bond acceptors (Lipinski definition) is 3. The first-order valence-electron chi connectivity index (χ1n) is 9.00. The van der Waals surface area contributed by atoms with Crippen molar-refractivity contribution >= 4 is 50.2 Å². The molecule has 4 rings (SSSR count). The summed E-state index contributed by atoms with van der Waals surface area (Å²) in [6.07, 6.45) is 0. The number of nitrogens with zero attached hydrogens (tertiary/aromatic N) is 2. The molecule has 2 aromatic heterocycles. The van der Waals surface area contributed by atoms with E-state index in [0.717, 1.165) is 21.2 Å². The lowest BCUT2D eigenvalue weighted by Crippen LogP contribution is -2.14. The highest BCUT2D eigenvalue weighted by Crippen LogP contribution is 2.37. The van der Waals surface area contributed by atoms with Crippen LogP contribution in [0.1, 0.15) is 25.6 Å². The molecular formula is C22H16BrCl2N3O. The molecule has 0 amide bonds. The van der Waals surface area contributed by atoms with Gasteiger partial charge in [-0.1, -0.05) is 71.2 Å². The second-order valence-electron chi connectivity index (χ2n) is 6.99. The SMILES string of the molecule is CC(C)c1nc2nc(-c3ccc(Br)cc3Cl)c(-c3ccc(Cl)cc3)cc2c(=O)[nH]1. The number of benzene rings is 2. The zero-order chi connectivity index (χ0) is 20.7. The Labute approximate surface area is 186 Å². The van der Waals surface area contributed by atoms with Gasteiger partial charge in [-0.25, -0.2) is 9.97 Å². The average Bonchev–Trinajstić information content (AvgIpc) is 2.68. The summed E-state index contributed by atoms with van der Waals surface area (Å²) in [7, 11) is 0. The van der Waals surface area contributed by atoms with Crippen molar-refractivity contribution in [3.63, 3.8) is 0 Å². The molecule has 29 heavy (non-hydrogen) atoms. The first kappa shape index (κ1) is 20.1. The Morgan fingerprint density at radius 3 is 2.34 bits per heavy atom. The number of pyridine rings is 1. The maximum atomic E-state index is 12.7. The van der Waals surface area contributed by atoms with Crippen molar-refractivity contribution in [1.29, 1.82) is 0 Å². The predicted molar refractivity (Wildman–Crippen MR) is 123 cm³/mol. The smallest absolute Gasteiger partial charge is 0.260 e. The summed E-state index contributed by atoms with van der Waals surface area (Å²) in [5.41, 5.74) is 3.26. The number of hydrogen-bond donors (Lipinski definition) is 1. The van der Waals surface area contributed by atoms with E-state index in [-0.39, 0.29) is 11.5 Å². The number of fused-ring (bicyclic) bond motifs is 1. The van der Waals surface area contributed by atoms with Crippen LogP contribution in [0.15, 0.2) is 57.8 Å². The summed E-state index contributed by atoms with van der Waals surface area (Å²) >= 11 is 16.0. The first-order valence-corrected chi connectivity index (χ1v) is 10.5.